The minimum atomic E-state index is -1.32. The molecule has 0 aromatic heterocycles. The average molecular weight is 501 g/mol. The van der Waals surface area contributed by atoms with Crippen molar-refractivity contribution in [1.82, 2.24) is 15.5 Å². The van der Waals surface area contributed by atoms with E-state index in [9.17, 15) is 24.3 Å². The molecule has 0 aliphatic carbocycles. The number of nitrogens with two attached hydrogens (primary N) is 1. The maximum absolute atomic E-state index is 13.0. The zero-order chi connectivity index (χ0) is 24.4. The van der Waals surface area contributed by atoms with Crippen molar-refractivity contribution >= 4 is 47.1 Å². The van der Waals surface area contributed by atoms with E-state index in [1.54, 1.807) is 60.7 Å². The number of carbonyl (C=O) groups excluding carboxylic acids is 3. The van der Waals surface area contributed by atoms with Crippen LogP contribution in [-0.4, -0.2) is 50.9 Å². The fourth-order valence-corrected chi connectivity index (χ4v) is 5.34. The Hall–Kier alpha value is -3.34. The van der Waals surface area contributed by atoms with Crippen LogP contribution in [0.15, 0.2) is 71.4 Å². The predicted molar refractivity (Wildman–Crippen MR) is 126 cm³/mol. The Morgan fingerprint density at radius 1 is 1.06 bits per heavy atom. The second kappa shape index (κ2) is 9.88. The number of halogens is 1. The molecule has 5 N–H and O–H groups in total. The number of nitrogens with one attached hydrogen (secondary N) is 2. The zero-order valence-electron chi connectivity index (χ0n) is 17.7. The Balaban J connectivity index is 1.48. The molecule has 176 valence electrons. The number of carboxylic acids is 1. The second-order valence-electron chi connectivity index (χ2n) is 7.69. The van der Waals surface area contributed by atoms with Crippen LogP contribution in [-0.2, 0) is 19.2 Å². The number of β-lactam (4-membered cyclic amide) rings is 1. The number of amides is 3. The summed E-state index contributed by atoms with van der Waals surface area (Å²) in [4.78, 5) is 51.5. The molecule has 2 aromatic carbocycles. The number of carbonyl (C=O) groups is 4. The van der Waals surface area contributed by atoms with Gasteiger partial charge in [-0.3, -0.25) is 19.3 Å². The van der Waals surface area contributed by atoms with Crippen molar-refractivity contribution in [3.63, 3.8) is 0 Å². The lowest BCUT2D eigenvalue weighted by molar-refractivity contribution is -0.148. The summed E-state index contributed by atoms with van der Waals surface area (Å²) in [5.74, 6) is -2.87. The SMILES string of the molecule is NC(C(=O)NC1C(=O)N2C(C(=O)NC(C(=O)O)c3ccccc3)=C(Cl)CSC12)c1ccccc1. The Morgan fingerprint density at radius 3 is 2.24 bits per heavy atom. The van der Waals surface area contributed by atoms with Crippen molar-refractivity contribution in [1.29, 1.82) is 0 Å². The molecule has 11 heteroatoms. The number of hydrogen-bond acceptors (Lipinski definition) is 6. The van der Waals surface area contributed by atoms with Gasteiger partial charge < -0.3 is 21.5 Å². The number of carboxylic acid groups (broad SMARTS) is 1. The molecule has 9 nitrogen and oxygen atoms in total. The number of aliphatic carboxylic acids is 1. The van der Waals surface area contributed by atoms with Crippen LogP contribution < -0.4 is 16.4 Å². The van der Waals surface area contributed by atoms with Crippen LogP contribution in [0.4, 0.5) is 0 Å². The first-order valence-corrected chi connectivity index (χ1v) is 11.7. The largest absolute Gasteiger partial charge is 0.479 e. The first-order chi connectivity index (χ1) is 16.3. The van der Waals surface area contributed by atoms with Crippen LogP contribution in [0.25, 0.3) is 0 Å². The lowest BCUT2D eigenvalue weighted by Crippen LogP contribution is -2.71. The minimum Gasteiger partial charge on any atom is -0.479 e. The molecule has 2 aliphatic heterocycles. The van der Waals surface area contributed by atoms with Gasteiger partial charge in [-0.1, -0.05) is 72.3 Å². The molecule has 3 amide bonds. The fraction of sp³-hybridized carbons (Fsp3) is 0.217. The van der Waals surface area contributed by atoms with Gasteiger partial charge in [0.05, 0.1) is 5.03 Å². The minimum absolute atomic E-state index is 0.115. The average Bonchev–Trinajstić information content (AvgIpc) is 2.85. The molecule has 0 saturated carbocycles. The van der Waals surface area contributed by atoms with E-state index < -0.39 is 47.2 Å². The summed E-state index contributed by atoms with van der Waals surface area (Å²) in [6.07, 6.45) is 0. The van der Waals surface area contributed by atoms with Gasteiger partial charge in [-0.05, 0) is 11.1 Å². The summed E-state index contributed by atoms with van der Waals surface area (Å²) < 4.78 is 0. The van der Waals surface area contributed by atoms with Gasteiger partial charge in [-0.15, -0.1) is 11.8 Å². The van der Waals surface area contributed by atoms with E-state index in [1.165, 1.54) is 16.7 Å². The summed E-state index contributed by atoms with van der Waals surface area (Å²) in [5, 5.41) is 14.3. The van der Waals surface area contributed by atoms with E-state index in [1.807, 2.05) is 0 Å². The highest BCUT2D eigenvalue weighted by Gasteiger charge is 2.54. The summed E-state index contributed by atoms with van der Waals surface area (Å²) in [7, 11) is 0. The van der Waals surface area contributed by atoms with Gasteiger partial charge in [0, 0.05) is 5.75 Å². The molecule has 0 radical (unpaired) electrons. The molecule has 2 aliphatic rings. The summed E-state index contributed by atoms with van der Waals surface area (Å²) in [5.41, 5.74) is 6.88. The van der Waals surface area contributed by atoms with Crippen LogP contribution >= 0.6 is 23.4 Å². The Kier molecular flexibility index (Phi) is 6.92. The number of fused-ring (bicyclic) bond motifs is 1. The summed E-state index contributed by atoms with van der Waals surface area (Å²) >= 11 is 7.57. The first kappa shape index (κ1) is 23.8. The van der Waals surface area contributed by atoms with Crippen LogP contribution in [0.1, 0.15) is 23.2 Å². The van der Waals surface area contributed by atoms with Crippen molar-refractivity contribution in [2.75, 3.05) is 5.75 Å². The highest BCUT2D eigenvalue weighted by molar-refractivity contribution is 8.00. The third-order valence-electron chi connectivity index (χ3n) is 5.53. The smallest absolute Gasteiger partial charge is 0.330 e. The quantitative estimate of drug-likeness (QED) is 0.422. The van der Waals surface area contributed by atoms with Gasteiger partial charge in [-0.25, -0.2) is 4.79 Å². The standard InChI is InChI=1S/C23H21ClN4O5S/c24-14-11-34-22-17(27-19(29)15(25)12-7-3-1-4-8-12)21(31)28(22)18(14)20(30)26-16(23(32)33)13-9-5-2-6-10-13/h1-10,15-17,22H,11,25H2,(H,26,30)(H,27,29)(H,32,33). The predicted octanol–water partition coefficient (Wildman–Crippen LogP) is 1.48. The number of benzene rings is 2. The van der Waals surface area contributed by atoms with Gasteiger partial charge >= 0.3 is 5.97 Å². The summed E-state index contributed by atoms with van der Waals surface area (Å²) in [6, 6.07) is 13.8. The molecule has 4 atom stereocenters. The Labute approximate surface area is 204 Å². The Morgan fingerprint density at radius 2 is 1.65 bits per heavy atom. The summed E-state index contributed by atoms with van der Waals surface area (Å²) in [6.45, 7) is 0. The number of nitrogens with zero attached hydrogens (tertiary/aromatic N) is 1. The van der Waals surface area contributed by atoms with Crippen LogP contribution in [0.3, 0.4) is 0 Å². The highest BCUT2D eigenvalue weighted by atomic mass is 35.5. The molecule has 34 heavy (non-hydrogen) atoms. The normalized spacial score (nSPS) is 21.1. The van der Waals surface area contributed by atoms with Crippen molar-refractivity contribution in [3.05, 3.63) is 82.5 Å². The third kappa shape index (κ3) is 4.52. The van der Waals surface area contributed by atoms with Gasteiger partial charge in [0.1, 0.15) is 23.2 Å². The molecule has 1 fully saturated rings. The first-order valence-electron chi connectivity index (χ1n) is 10.3. The van der Waals surface area contributed by atoms with E-state index in [0.717, 1.165) is 0 Å². The molecule has 0 bridgehead atoms. The maximum Gasteiger partial charge on any atom is 0.330 e. The molecular weight excluding hydrogens is 480 g/mol. The van der Waals surface area contributed by atoms with Gasteiger partial charge in [0.15, 0.2) is 6.04 Å². The van der Waals surface area contributed by atoms with Crippen molar-refractivity contribution in [3.8, 4) is 0 Å². The van der Waals surface area contributed by atoms with E-state index in [0.29, 0.717) is 11.1 Å². The molecule has 4 rings (SSSR count). The number of hydrogen-bond donors (Lipinski definition) is 4. The van der Waals surface area contributed by atoms with Crippen LogP contribution in [0.5, 0.6) is 0 Å². The lowest BCUT2D eigenvalue weighted by atomic mass is 10.0. The van der Waals surface area contributed by atoms with Crippen LogP contribution in [0.2, 0.25) is 0 Å². The number of rotatable bonds is 7. The topological polar surface area (TPSA) is 142 Å². The Bertz CT molecular complexity index is 1160. The van der Waals surface area contributed by atoms with Gasteiger partial charge in [-0.2, -0.15) is 0 Å². The van der Waals surface area contributed by atoms with Gasteiger partial charge in [0.2, 0.25) is 5.91 Å². The fourth-order valence-electron chi connectivity index (χ4n) is 3.78. The molecular formula is C23H21ClN4O5S. The number of thioether (sulfide) groups is 1. The third-order valence-corrected chi connectivity index (χ3v) is 7.28. The molecule has 0 spiro atoms. The second-order valence-corrected chi connectivity index (χ2v) is 9.25. The maximum atomic E-state index is 13.0. The van der Waals surface area contributed by atoms with E-state index in [4.69, 9.17) is 17.3 Å². The van der Waals surface area contributed by atoms with E-state index >= 15 is 0 Å². The van der Waals surface area contributed by atoms with E-state index in [-0.39, 0.29) is 16.5 Å². The molecule has 2 aromatic rings. The molecule has 4 unspecified atom stereocenters. The van der Waals surface area contributed by atoms with Crippen LogP contribution in [0, 0.1) is 0 Å². The van der Waals surface area contributed by atoms with Crippen molar-refractivity contribution in [2.24, 2.45) is 5.73 Å². The van der Waals surface area contributed by atoms with Gasteiger partial charge in [0.25, 0.3) is 11.8 Å². The van der Waals surface area contributed by atoms with Crippen molar-refractivity contribution in [2.45, 2.75) is 23.5 Å². The molecule has 2 heterocycles. The lowest BCUT2D eigenvalue weighted by Gasteiger charge is -2.49. The monoisotopic (exact) mass is 500 g/mol. The van der Waals surface area contributed by atoms with E-state index in [2.05, 4.69) is 10.6 Å². The zero-order valence-corrected chi connectivity index (χ0v) is 19.3. The van der Waals surface area contributed by atoms with Crippen molar-refractivity contribution < 1.29 is 24.3 Å². The molecule has 1 saturated heterocycles. The highest BCUT2D eigenvalue weighted by Crippen LogP contribution is 2.41.